The second-order valence-corrected chi connectivity index (χ2v) is 8.74. The molecule has 162 valence electrons. The molecule has 32 heavy (non-hydrogen) atoms. The Kier molecular flexibility index (Phi) is 4.55. The number of aromatic amines is 1. The van der Waals surface area contributed by atoms with Gasteiger partial charge in [-0.3, -0.25) is 9.67 Å². The lowest BCUT2D eigenvalue weighted by molar-refractivity contribution is 0.415. The number of hydrogen-bond donors (Lipinski definition) is 2. The highest BCUT2D eigenvalue weighted by molar-refractivity contribution is 6.01. The molecule has 0 aliphatic carbocycles. The van der Waals surface area contributed by atoms with E-state index in [1.807, 2.05) is 59.2 Å². The predicted molar refractivity (Wildman–Crippen MR) is 123 cm³/mol. The summed E-state index contributed by atoms with van der Waals surface area (Å²) in [5.74, 6) is 0.847. The van der Waals surface area contributed by atoms with Crippen LogP contribution >= 0.6 is 0 Å². The third-order valence-corrected chi connectivity index (χ3v) is 5.57. The van der Waals surface area contributed by atoms with Crippen molar-refractivity contribution < 1.29 is 14.4 Å². The summed E-state index contributed by atoms with van der Waals surface area (Å²) in [6, 6.07) is 17.5. The topological polar surface area (TPSA) is 89.1 Å². The number of fused-ring (bicyclic) bond motifs is 1. The molecule has 0 aliphatic rings. The van der Waals surface area contributed by atoms with Crippen molar-refractivity contribution in [3.05, 3.63) is 66.6 Å². The number of rotatable bonds is 4. The summed E-state index contributed by atoms with van der Waals surface area (Å²) >= 11 is 0. The van der Waals surface area contributed by atoms with Crippen molar-refractivity contribution in [2.24, 2.45) is 0 Å². The van der Waals surface area contributed by atoms with Gasteiger partial charge in [0.25, 0.3) is 0 Å². The van der Waals surface area contributed by atoms with Gasteiger partial charge in [0.15, 0.2) is 0 Å². The summed E-state index contributed by atoms with van der Waals surface area (Å²) in [4.78, 5) is 0. The van der Waals surface area contributed by atoms with Crippen LogP contribution in [0.15, 0.2) is 65.4 Å². The van der Waals surface area contributed by atoms with Gasteiger partial charge >= 0.3 is 0 Å². The molecule has 0 fully saturated rings. The van der Waals surface area contributed by atoms with Crippen molar-refractivity contribution in [2.45, 2.75) is 26.2 Å². The van der Waals surface area contributed by atoms with Crippen LogP contribution in [0.25, 0.3) is 39.1 Å². The van der Waals surface area contributed by atoms with Crippen molar-refractivity contribution >= 4 is 10.9 Å². The SMILES string of the molecule is COc1cccc(-c2c3c(C(C)(C)C)n[nH]c3c(O)n2-c2ccc(-c3ccon3)cc2)c1. The minimum Gasteiger partial charge on any atom is -0.497 e. The summed E-state index contributed by atoms with van der Waals surface area (Å²) in [5.41, 5.74) is 5.55. The van der Waals surface area contributed by atoms with Gasteiger partial charge in [0.05, 0.1) is 23.9 Å². The highest BCUT2D eigenvalue weighted by Gasteiger charge is 2.29. The average molecular weight is 428 g/mol. The van der Waals surface area contributed by atoms with Gasteiger partial charge in [-0.25, -0.2) is 0 Å². The Morgan fingerprint density at radius 2 is 1.81 bits per heavy atom. The van der Waals surface area contributed by atoms with Crippen molar-refractivity contribution in [1.29, 1.82) is 0 Å². The van der Waals surface area contributed by atoms with Crippen LogP contribution in [-0.2, 0) is 5.41 Å². The van der Waals surface area contributed by atoms with Gasteiger partial charge in [-0.2, -0.15) is 5.10 Å². The van der Waals surface area contributed by atoms with Crippen molar-refractivity contribution in [3.8, 4) is 39.8 Å². The summed E-state index contributed by atoms with van der Waals surface area (Å²) < 4.78 is 12.3. The van der Waals surface area contributed by atoms with E-state index >= 15 is 0 Å². The molecular weight excluding hydrogens is 404 g/mol. The van der Waals surface area contributed by atoms with Gasteiger partial charge < -0.3 is 14.4 Å². The van der Waals surface area contributed by atoms with Crippen LogP contribution in [-0.4, -0.2) is 32.1 Å². The zero-order chi connectivity index (χ0) is 22.5. The van der Waals surface area contributed by atoms with E-state index in [4.69, 9.17) is 9.26 Å². The Labute approximate surface area is 185 Å². The number of nitrogens with zero attached hydrogens (tertiary/aromatic N) is 3. The second-order valence-electron chi connectivity index (χ2n) is 8.74. The number of hydrogen-bond acceptors (Lipinski definition) is 5. The second kappa shape index (κ2) is 7.30. The molecule has 2 N–H and O–H groups in total. The molecule has 0 saturated carbocycles. The fourth-order valence-electron chi connectivity index (χ4n) is 4.04. The quantitative estimate of drug-likeness (QED) is 0.384. The maximum Gasteiger partial charge on any atom is 0.222 e. The third-order valence-electron chi connectivity index (χ3n) is 5.57. The number of ether oxygens (including phenoxy) is 1. The van der Waals surface area contributed by atoms with E-state index in [2.05, 4.69) is 36.1 Å². The zero-order valence-corrected chi connectivity index (χ0v) is 18.4. The van der Waals surface area contributed by atoms with Crippen LogP contribution in [0.4, 0.5) is 0 Å². The van der Waals surface area contributed by atoms with E-state index in [0.717, 1.165) is 45.0 Å². The molecule has 7 heteroatoms. The van der Waals surface area contributed by atoms with Gasteiger partial charge in [-0.1, -0.05) is 50.2 Å². The standard InChI is InChI=1S/C25H24N4O3/c1-25(2,3)23-20-21(26-27-23)24(30)29(22(20)16-6-5-7-18(14-16)31-4)17-10-8-15(9-11-17)19-12-13-32-28-19/h5-14,26,30H,1-4H3. The van der Waals surface area contributed by atoms with Gasteiger partial charge in [-0.05, 0) is 24.3 Å². The first-order valence-corrected chi connectivity index (χ1v) is 10.4. The zero-order valence-electron chi connectivity index (χ0n) is 18.4. The Hall–Kier alpha value is -4.00. The number of aromatic hydroxyl groups is 1. The minimum atomic E-state index is -0.221. The number of H-pyrrole nitrogens is 1. The maximum absolute atomic E-state index is 11.3. The summed E-state index contributed by atoms with van der Waals surface area (Å²) in [6.07, 6.45) is 1.55. The van der Waals surface area contributed by atoms with Crippen molar-refractivity contribution in [1.82, 2.24) is 19.9 Å². The fourth-order valence-corrected chi connectivity index (χ4v) is 4.04. The molecule has 0 unspecified atom stereocenters. The average Bonchev–Trinajstić information content (AvgIpc) is 3.51. The van der Waals surface area contributed by atoms with E-state index in [9.17, 15) is 5.11 Å². The summed E-state index contributed by atoms with van der Waals surface area (Å²) in [5, 5.41) is 23.8. The molecule has 0 radical (unpaired) electrons. The molecule has 3 aromatic heterocycles. The molecule has 0 aliphatic heterocycles. The number of aromatic nitrogens is 4. The maximum atomic E-state index is 11.3. The van der Waals surface area contributed by atoms with Gasteiger partial charge in [-0.15, -0.1) is 0 Å². The predicted octanol–water partition coefficient (Wildman–Crippen LogP) is 5.69. The van der Waals surface area contributed by atoms with E-state index in [1.54, 1.807) is 13.4 Å². The molecule has 5 aromatic rings. The van der Waals surface area contributed by atoms with Crippen LogP contribution in [0.1, 0.15) is 26.5 Å². The Morgan fingerprint density at radius 3 is 2.47 bits per heavy atom. The first-order chi connectivity index (χ1) is 15.4. The molecule has 2 aromatic carbocycles. The molecule has 0 bridgehead atoms. The molecule has 3 heterocycles. The highest BCUT2D eigenvalue weighted by atomic mass is 16.5. The molecule has 0 spiro atoms. The number of benzene rings is 2. The van der Waals surface area contributed by atoms with Crippen LogP contribution in [0.2, 0.25) is 0 Å². The first-order valence-electron chi connectivity index (χ1n) is 10.4. The van der Waals surface area contributed by atoms with Crippen LogP contribution in [0.3, 0.4) is 0 Å². The molecule has 7 nitrogen and oxygen atoms in total. The van der Waals surface area contributed by atoms with E-state index in [-0.39, 0.29) is 11.3 Å². The van der Waals surface area contributed by atoms with Crippen LogP contribution in [0, 0.1) is 0 Å². The van der Waals surface area contributed by atoms with Crippen molar-refractivity contribution in [3.63, 3.8) is 0 Å². The lowest BCUT2D eigenvalue weighted by Gasteiger charge is -2.17. The van der Waals surface area contributed by atoms with E-state index in [0.29, 0.717) is 5.52 Å². The largest absolute Gasteiger partial charge is 0.497 e. The monoisotopic (exact) mass is 428 g/mol. The van der Waals surface area contributed by atoms with Crippen LogP contribution in [0.5, 0.6) is 11.6 Å². The lowest BCUT2D eigenvalue weighted by atomic mass is 9.89. The smallest absolute Gasteiger partial charge is 0.222 e. The van der Waals surface area contributed by atoms with Crippen molar-refractivity contribution in [2.75, 3.05) is 7.11 Å². The lowest BCUT2D eigenvalue weighted by Crippen LogP contribution is -2.12. The van der Waals surface area contributed by atoms with E-state index in [1.165, 1.54) is 0 Å². The Balaban J connectivity index is 1.79. The minimum absolute atomic E-state index is 0.106. The Morgan fingerprint density at radius 1 is 1.03 bits per heavy atom. The van der Waals surface area contributed by atoms with Gasteiger partial charge in [0.1, 0.15) is 23.2 Å². The third kappa shape index (κ3) is 3.13. The Bertz CT molecular complexity index is 1390. The summed E-state index contributed by atoms with van der Waals surface area (Å²) in [7, 11) is 1.65. The molecule has 0 amide bonds. The first kappa shape index (κ1) is 19.9. The number of nitrogens with one attached hydrogen (secondary N) is 1. The van der Waals surface area contributed by atoms with E-state index < -0.39 is 0 Å². The summed E-state index contributed by atoms with van der Waals surface area (Å²) in [6.45, 7) is 6.33. The molecule has 5 rings (SSSR count). The highest BCUT2D eigenvalue weighted by Crippen LogP contribution is 2.44. The van der Waals surface area contributed by atoms with Gasteiger partial charge in [0.2, 0.25) is 5.88 Å². The fraction of sp³-hybridized carbons (Fsp3) is 0.200. The molecular formula is C25H24N4O3. The van der Waals surface area contributed by atoms with Gasteiger partial charge in [0, 0.05) is 28.3 Å². The number of methoxy groups -OCH3 is 1. The molecule has 0 saturated heterocycles. The molecule has 0 atom stereocenters. The van der Waals surface area contributed by atoms with Crippen LogP contribution < -0.4 is 4.74 Å². The normalized spacial score (nSPS) is 11.9.